The maximum Gasteiger partial charge on any atom is 0.264 e. The predicted octanol–water partition coefficient (Wildman–Crippen LogP) is 4.26. The minimum Gasteiger partial charge on any atom is -0.493 e. The van der Waals surface area contributed by atoms with Gasteiger partial charge in [-0.25, -0.2) is 0 Å². The zero-order valence-corrected chi connectivity index (χ0v) is 15.6. The van der Waals surface area contributed by atoms with E-state index in [0.29, 0.717) is 23.2 Å². The highest BCUT2D eigenvalue weighted by molar-refractivity contribution is 5.60. The maximum absolute atomic E-state index is 5.87. The number of rotatable bonds is 6. The van der Waals surface area contributed by atoms with Gasteiger partial charge in [0.05, 0.1) is 14.2 Å². The quantitative estimate of drug-likeness (QED) is 0.659. The molecule has 0 saturated carbocycles. The van der Waals surface area contributed by atoms with Gasteiger partial charge in [0, 0.05) is 5.56 Å². The maximum atomic E-state index is 5.87. The van der Waals surface area contributed by atoms with E-state index in [1.807, 2.05) is 32.0 Å². The van der Waals surface area contributed by atoms with Crippen molar-refractivity contribution in [1.82, 2.24) is 10.1 Å². The fourth-order valence-electron chi connectivity index (χ4n) is 2.70. The number of hydrogen-bond donors (Lipinski definition) is 0. The summed E-state index contributed by atoms with van der Waals surface area (Å²) in [5, 5.41) is 4.02. The lowest BCUT2D eigenvalue weighted by Crippen LogP contribution is -1.99. The molecule has 0 aliphatic carbocycles. The third kappa shape index (κ3) is 3.64. The average Bonchev–Trinajstić information content (AvgIpc) is 3.11. The van der Waals surface area contributed by atoms with Gasteiger partial charge >= 0.3 is 0 Å². The number of benzene rings is 2. The molecule has 1 aromatic heterocycles. The van der Waals surface area contributed by atoms with Gasteiger partial charge in [-0.15, -0.1) is 0 Å². The van der Waals surface area contributed by atoms with Gasteiger partial charge in [-0.3, -0.25) is 0 Å². The van der Waals surface area contributed by atoms with Crippen molar-refractivity contribution in [2.75, 3.05) is 14.2 Å². The second kappa shape index (κ2) is 7.47. The van der Waals surface area contributed by atoms with E-state index in [0.717, 1.165) is 22.4 Å². The van der Waals surface area contributed by atoms with Gasteiger partial charge < -0.3 is 18.7 Å². The Bertz CT molecular complexity index is 918. The average molecular weight is 354 g/mol. The van der Waals surface area contributed by atoms with Gasteiger partial charge in [0.2, 0.25) is 5.82 Å². The minimum absolute atomic E-state index is 0.212. The highest BCUT2D eigenvalue weighted by Crippen LogP contribution is 2.31. The summed E-state index contributed by atoms with van der Waals surface area (Å²) in [6, 6.07) is 9.60. The first-order valence-corrected chi connectivity index (χ1v) is 8.27. The van der Waals surface area contributed by atoms with Gasteiger partial charge in [0.15, 0.2) is 18.1 Å². The molecule has 0 N–H and O–H groups in total. The Kier molecular flexibility index (Phi) is 5.11. The molecular formula is C20H22N2O4. The topological polar surface area (TPSA) is 66.6 Å². The van der Waals surface area contributed by atoms with Crippen LogP contribution in [0, 0.1) is 20.8 Å². The molecule has 6 nitrogen and oxygen atoms in total. The summed E-state index contributed by atoms with van der Waals surface area (Å²) >= 11 is 0. The number of hydrogen-bond acceptors (Lipinski definition) is 6. The number of aryl methyl sites for hydroxylation is 2. The lowest BCUT2D eigenvalue weighted by molar-refractivity contribution is 0.241. The Hall–Kier alpha value is -3.02. The van der Waals surface area contributed by atoms with Crippen LogP contribution in [0.3, 0.4) is 0 Å². The molecule has 3 rings (SSSR count). The van der Waals surface area contributed by atoms with Crippen LogP contribution in [0.4, 0.5) is 0 Å². The van der Waals surface area contributed by atoms with E-state index >= 15 is 0 Å². The molecule has 0 aliphatic rings. The van der Waals surface area contributed by atoms with Crippen molar-refractivity contribution in [3.8, 4) is 28.6 Å². The van der Waals surface area contributed by atoms with Crippen molar-refractivity contribution in [2.24, 2.45) is 0 Å². The molecule has 2 aromatic carbocycles. The van der Waals surface area contributed by atoms with Gasteiger partial charge in [0.25, 0.3) is 5.89 Å². The fraction of sp³-hybridized carbons (Fsp3) is 0.300. The van der Waals surface area contributed by atoms with Crippen LogP contribution in [0.15, 0.2) is 34.9 Å². The van der Waals surface area contributed by atoms with Crippen molar-refractivity contribution in [2.45, 2.75) is 27.4 Å². The molecule has 0 radical (unpaired) electrons. The van der Waals surface area contributed by atoms with E-state index in [4.69, 9.17) is 18.7 Å². The molecule has 0 amide bonds. The first kappa shape index (κ1) is 17.8. The summed E-state index contributed by atoms with van der Waals surface area (Å²) in [4.78, 5) is 4.40. The molecule has 0 unspecified atom stereocenters. The third-order valence-electron chi connectivity index (χ3n) is 4.23. The number of methoxy groups -OCH3 is 2. The molecule has 0 bridgehead atoms. The summed E-state index contributed by atoms with van der Waals surface area (Å²) in [5.74, 6) is 2.97. The Balaban J connectivity index is 1.77. The van der Waals surface area contributed by atoms with E-state index in [-0.39, 0.29) is 6.61 Å². The summed E-state index contributed by atoms with van der Waals surface area (Å²) in [6.07, 6.45) is 0. The normalized spacial score (nSPS) is 10.7. The molecule has 0 spiro atoms. The molecule has 136 valence electrons. The Morgan fingerprint density at radius 3 is 2.42 bits per heavy atom. The van der Waals surface area contributed by atoms with Gasteiger partial charge in [0.1, 0.15) is 5.75 Å². The molecule has 26 heavy (non-hydrogen) atoms. The highest BCUT2D eigenvalue weighted by atomic mass is 16.5. The third-order valence-corrected chi connectivity index (χ3v) is 4.23. The van der Waals surface area contributed by atoms with Crippen molar-refractivity contribution in [3.63, 3.8) is 0 Å². The number of aromatic nitrogens is 2. The van der Waals surface area contributed by atoms with Crippen LogP contribution in [0.5, 0.6) is 17.2 Å². The molecule has 0 saturated heterocycles. The number of nitrogens with zero attached hydrogens (tertiary/aromatic N) is 2. The highest BCUT2D eigenvalue weighted by Gasteiger charge is 2.13. The van der Waals surface area contributed by atoms with Crippen molar-refractivity contribution < 1.29 is 18.7 Å². The van der Waals surface area contributed by atoms with Crippen molar-refractivity contribution >= 4 is 0 Å². The van der Waals surface area contributed by atoms with Crippen LogP contribution in [0.25, 0.3) is 11.4 Å². The van der Waals surface area contributed by atoms with Crippen LogP contribution in [-0.4, -0.2) is 24.4 Å². The van der Waals surface area contributed by atoms with Gasteiger partial charge in [-0.1, -0.05) is 11.2 Å². The minimum atomic E-state index is 0.212. The first-order chi connectivity index (χ1) is 12.5. The number of ether oxygens (including phenoxy) is 3. The first-order valence-electron chi connectivity index (χ1n) is 8.27. The fourth-order valence-corrected chi connectivity index (χ4v) is 2.70. The largest absolute Gasteiger partial charge is 0.493 e. The molecular weight excluding hydrogens is 332 g/mol. The molecule has 3 aromatic rings. The second-order valence-corrected chi connectivity index (χ2v) is 6.08. The van der Waals surface area contributed by atoms with Crippen LogP contribution >= 0.6 is 0 Å². The van der Waals surface area contributed by atoms with E-state index in [1.54, 1.807) is 20.3 Å². The molecule has 0 fully saturated rings. The summed E-state index contributed by atoms with van der Waals surface area (Å²) in [6.45, 7) is 6.36. The van der Waals surface area contributed by atoms with Gasteiger partial charge in [-0.2, -0.15) is 4.98 Å². The lowest BCUT2D eigenvalue weighted by atomic mass is 10.1. The summed E-state index contributed by atoms with van der Waals surface area (Å²) < 4.78 is 21.7. The van der Waals surface area contributed by atoms with Crippen molar-refractivity contribution in [1.29, 1.82) is 0 Å². The Morgan fingerprint density at radius 1 is 0.923 bits per heavy atom. The smallest absolute Gasteiger partial charge is 0.264 e. The zero-order chi connectivity index (χ0) is 18.7. The predicted molar refractivity (Wildman–Crippen MR) is 97.8 cm³/mol. The van der Waals surface area contributed by atoms with Crippen LogP contribution < -0.4 is 14.2 Å². The lowest BCUT2D eigenvalue weighted by Gasteiger charge is -2.10. The molecule has 1 heterocycles. The van der Waals surface area contributed by atoms with Crippen LogP contribution in [0.1, 0.15) is 22.6 Å². The SMILES string of the molecule is COc1ccc(-c2noc(COc3cc(C)cc(C)c3C)n2)cc1OC. The standard InChI is InChI=1S/C20H22N2O4/c1-12-8-13(2)14(3)17(9-12)25-11-19-21-20(22-26-19)15-6-7-16(23-4)18(10-15)24-5/h6-10H,11H2,1-5H3. The monoisotopic (exact) mass is 354 g/mol. The second-order valence-electron chi connectivity index (χ2n) is 6.08. The van der Waals surface area contributed by atoms with Crippen LogP contribution in [-0.2, 0) is 6.61 Å². The summed E-state index contributed by atoms with van der Waals surface area (Å²) in [5.41, 5.74) is 4.23. The molecule has 0 atom stereocenters. The molecule has 6 heteroatoms. The van der Waals surface area contributed by atoms with E-state index in [9.17, 15) is 0 Å². The van der Waals surface area contributed by atoms with E-state index in [2.05, 4.69) is 23.1 Å². The van der Waals surface area contributed by atoms with Crippen molar-refractivity contribution in [3.05, 3.63) is 52.9 Å². The van der Waals surface area contributed by atoms with E-state index < -0.39 is 0 Å². The zero-order valence-electron chi connectivity index (χ0n) is 15.6. The Morgan fingerprint density at radius 2 is 1.69 bits per heavy atom. The molecule has 0 aliphatic heterocycles. The van der Waals surface area contributed by atoms with E-state index in [1.165, 1.54) is 5.56 Å². The van der Waals surface area contributed by atoms with Gasteiger partial charge in [-0.05, 0) is 61.7 Å². The summed E-state index contributed by atoms with van der Waals surface area (Å²) in [7, 11) is 3.18. The van der Waals surface area contributed by atoms with Crippen LogP contribution in [0.2, 0.25) is 0 Å². The Labute approximate surface area is 152 Å².